The summed E-state index contributed by atoms with van der Waals surface area (Å²) in [6, 6.07) is 4.46. The fraction of sp³-hybridized carbons (Fsp3) is 0.615. The van der Waals surface area contributed by atoms with Gasteiger partial charge in [-0.2, -0.15) is 0 Å². The number of hydrogen-bond acceptors (Lipinski definition) is 2. The van der Waals surface area contributed by atoms with Crippen molar-refractivity contribution in [3.8, 4) is 0 Å². The fourth-order valence-electron chi connectivity index (χ4n) is 2.33. The molecule has 0 atom stereocenters. The topological polar surface area (TPSA) is 28.4 Å². The van der Waals surface area contributed by atoms with Crippen LogP contribution in [0.3, 0.4) is 0 Å². The van der Waals surface area contributed by atoms with Gasteiger partial charge in [0, 0.05) is 13.1 Å². The predicted molar refractivity (Wildman–Crippen MR) is 72.8 cm³/mol. The highest BCUT2D eigenvalue weighted by Crippen LogP contribution is 2.21. The third kappa shape index (κ3) is 3.46. The fourth-order valence-corrected chi connectivity index (χ4v) is 2.56. The molecule has 1 fully saturated rings. The molecule has 0 radical (unpaired) electrons. The monoisotopic (exact) mass is 252 g/mol. The Morgan fingerprint density at radius 1 is 1.47 bits per heavy atom. The van der Waals surface area contributed by atoms with Gasteiger partial charge in [0.15, 0.2) is 5.11 Å². The second kappa shape index (κ2) is 6.05. The van der Waals surface area contributed by atoms with Crippen LogP contribution >= 0.6 is 12.2 Å². The van der Waals surface area contributed by atoms with E-state index in [1.54, 1.807) is 6.26 Å². The van der Waals surface area contributed by atoms with Crippen LogP contribution in [0, 0.1) is 0 Å². The Morgan fingerprint density at radius 3 is 2.88 bits per heavy atom. The SMILES string of the molecule is CN(C(=S)NCc1ccco1)C1CCCCC1. The zero-order valence-electron chi connectivity index (χ0n) is 10.3. The Balaban J connectivity index is 1.78. The standard InChI is InChI=1S/C13H20N2OS/c1-15(11-6-3-2-4-7-11)13(17)14-10-12-8-5-9-16-12/h5,8-9,11H,2-4,6-7,10H2,1H3,(H,14,17). The van der Waals surface area contributed by atoms with Crippen LogP contribution in [0.4, 0.5) is 0 Å². The number of furan rings is 1. The first-order valence-corrected chi connectivity index (χ1v) is 6.71. The minimum atomic E-state index is 0.611. The van der Waals surface area contributed by atoms with E-state index in [9.17, 15) is 0 Å². The molecule has 1 N–H and O–H groups in total. The molecule has 4 heteroatoms. The van der Waals surface area contributed by atoms with Crippen LogP contribution < -0.4 is 5.32 Å². The van der Waals surface area contributed by atoms with Crippen molar-refractivity contribution in [2.45, 2.75) is 44.7 Å². The minimum absolute atomic E-state index is 0.611. The van der Waals surface area contributed by atoms with Crippen molar-refractivity contribution in [3.63, 3.8) is 0 Å². The Morgan fingerprint density at radius 2 is 2.24 bits per heavy atom. The molecule has 0 unspecified atom stereocenters. The number of hydrogen-bond donors (Lipinski definition) is 1. The Hall–Kier alpha value is -1.03. The van der Waals surface area contributed by atoms with Gasteiger partial charge in [0.2, 0.25) is 0 Å². The molecule has 3 nitrogen and oxygen atoms in total. The number of thiocarbonyl (C=S) groups is 1. The Kier molecular flexibility index (Phi) is 4.42. The molecule has 0 bridgehead atoms. The highest BCUT2D eigenvalue weighted by atomic mass is 32.1. The molecule has 1 saturated carbocycles. The molecular formula is C13H20N2OS. The summed E-state index contributed by atoms with van der Waals surface area (Å²) in [4.78, 5) is 2.21. The molecule has 17 heavy (non-hydrogen) atoms. The molecule has 0 amide bonds. The minimum Gasteiger partial charge on any atom is -0.467 e. The van der Waals surface area contributed by atoms with Crippen molar-refractivity contribution in [2.75, 3.05) is 7.05 Å². The van der Waals surface area contributed by atoms with Crippen LogP contribution in [-0.4, -0.2) is 23.1 Å². The summed E-state index contributed by atoms with van der Waals surface area (Å²) in [5.41, 5.74) is 0. The predicted octanol–water partition coefficient (Wildman–Crippen LogP) is 2.92. The van der Waals surface area contributed by atoms with Gasteiger partial charge in [0.05, 0.1) is 12.8 Å². The van der Waals surface area contributed by atoms with Gasteiger partial charge in [-0.25, -0.2) is 0 Å². The van der Waals surface area contributed by atoms with Gasteiger partial charge in [-0.3, -0.25) is 0 Å². The van der Waals surface area contributed by atoms with E-state index in [0.29, 0.717) is 12.6 Å². The maximum atomic E-state index is 5.40. The van der Waals surface area contributed by atoms with Crippen LogP contribution in [0.25, 0.3) is 0 Å². The first-order valence-electron chi connectivity index (χ1n) is 6.30. The van der Waals surface area contributed by atoms with Crippen molar-refractivity contribution < 1.29 is 4.42 Å². The van der Waals surface area contributed by atoms with Crippen molar-refractivity contribution in [2.24, 2.45) is 0 Å². The third-order valence-electron chi connectivity index (χ3n) is 3.44. The van der Waals surface area contributed by atoms with E-state index >= 15 is 0 Å². The first kappa shape index (κ1) is 12.4. The van der Waals surface area contributed by atoms with Gasteiger partial charge in [0.25, 0.3) is 0 Å². The quantitative estimate of drug-likeness (QED) is 0.837. The summed E-state index contributed by atoms with van der Waals surface area (Å²) in [5.74, 6) is 0.921. The van der Waals surface area contributed by atoms with Crippen LogP contribution in [0.15, 0.2) is 22.8 Å². The highest BCUT2D eigenvalue weighted by molar-refractivity contribution is 7.80. The molecular weight excluding hydrogens is 232 g/mol. The molecule has 2 rings (SSSR count). The summed E-state index contributed by atoms with van der Waals surface area (Å²) in [5, 5.41) is 4.07. The van der Waals surface area contributed by atoms with Gasteiger partial charge in [0.1, 0.15) is 5.76 Å². The highest BCUT2D eigenvalue weighted by Gasteiger charge is 2.19. The average Bonchev–Trinajstić information content (AvgIpc) is 2.89. The van der Waals surface area contributed by atoms with E-state index < -0.39 is 0 Å². The summed E-state index contributed by atoms with van der Waals surface area (Å²) in [6.45, 7) is 0.670. The molecule has 0 saturated heterocycles. The zero-order chi connectivity index (χ0) is 12.1. The zero-order valence-corrected chi connectivity index (χ0v) is 11.1. The Bertz CT molecular complexity index is 344. The van der Waals surface area contributed by atoms with Crippen LogP contribution in [0.5, 0.6) is 0 Å². The third-order valence-corrected chi connectivity index (χ3v) is 3.87. The van der Waals surface area contributed by atoms with E-state index in [1.165, 1.54) is 32.1 Å². The summed E-state index contributed by atoms with van der Waals surface area (Å²) >= 11 is 5.40. The maximum Gasteiger partial charge on any atom is 0.169 e. The number of nitrogens with zero attached hydrogens (tertiary/aromatic N) is 1. The number of nitrogens with one attached hydrogen (secondary N) is 1. The van der Waals surface area contributed by atoms with Gasteiger partial charge >= 0.3 is 0 Å². The molecule has 94 valence electrons. The van der Waals surface area contributed by atoms with Gasteiger partial charge in [-0.15, -0.1) is 0 Å². The van der Waals surface area contributed by atoms with Crippen molar-refractivity contribution in [1.29, 1.82) is 0 Å². The normalized spacial score (nSPS) is 16.8. The van der Waals surface area contributed by atoms with Crippen molar-refractivity contribution >= 4 is 17.3 Å². The van der Waals surface area contributed by atoms with E-state index in [-0.39, 0.29) is 0 Å². The van der Waals surface area contributed by atoms with E-state index in [2.05, 4.69) is 17.3 Å². The van der Waals surface area contributed by atoms with Crippen LogP contribution in [0.2, 0.25) is 0 Å². The average molecular weight is 252 g/mol. The lowest BCUT2D eigenvalue weighted by atomic mass is 9.95. The largest absolute Gasteiger partial charge is 0.467 e. The van der Waals surface area contributed by atoms with Crippen LogP contribution in [-0.2, 0) is 6.54 Å². The Labute approximate surface area is 108 Å². The molecule has 0 aromatic carbocycles. The first-order chi connectivity index (χ1) is 8.27. The lowest BCUT2D eigenvalue weighted by molar-refractivity contribution is 0.275. The summed E-state index contributed by atoms with van der Waals surface area (Å²) in [7, 11) is 2.09. The molecule has 0 aliphatic heterocycles. The number of rotatable bonds is 3. The van der Waals surface area contributed by atoms with Crippen molar-refractivity contribution in [1.82, 2.24) is 10.2 Å². The summed E-state index contributed by atoms with van der Waals surface area (Å²) in [6.07, 6.45) is 8.24. The van der Waals surface area contributed by atoms with E-state index in [0.717, 1.165) is 10.9 Å². The van der Waals surface area contributed by atoms with Crippen LogP contribution in [0.1, 0.15) is 37.9 Å². The second-order valence-corrected chi connectivity index (χ2v) is 5.03. The van der Waals surface area contributed by atoms with Gasteiger partial charge in [-0.1, -0.05) is 19.3 Å². The van der Waals surface area contributed by atoms with E-state index in [4.69, 9.17) is 16.6 Å². The van der Waals surface area contributed by atoms with Gasteiger partial charge < -0.3 is 14.6 Å². The van der Waals surface area contributed by atoms with Crippen molar-refractivity contribution in [3.05, 3.63) is 24.2 Å². The smallest absolute Gasteiger partial charge is 0.169 e. The second-order valence-electron chi connectivity index (χ2n) is 4.64. The van der Waals surface area contributed by atoms with Gasteiger partial charge in [-0.05, 0) is 37.2 Å². The molecule has 1 aliphatic carbocycles. The van der Waals surface area contributed by atoms with E-state index in [1.807, 2.05) is 12.1 Å². The molecule has 0 spiro atoms. The molecule has 1 aromatic heterocycles. The molecule has 1 heterocycles. The maximum absolute atomic E-state index is 5.40. The molecule has 1 aromatic rings. The molecule has 1 aliphatic rings. The lowest BCUT2D eigenvalue weighted by Gasteiger charge is -2.33. The lowest BCUT2D eigenvalue weighted by Crippen LogP contribution is -2.43. The summed E-state index contributed by atoms with van der Waals surface area (Å²) < 4.78 is 5.27.